The Morgan fingerprint density at radius 3 is 2.79 bits per heavy atom. The third-order valence-electron chi connectivity index (χ3n) is 4.62. The number of hydrogen-bond donors (Lipinski definition) is 2. The molecule has 6 nitrogen and oxygen atoms in total. The van der Waals surface area contributed by atoms with E-state index in [1.54, 1.807) is 12.1 Å². The Morgan fingerprint density at radius 2 is 2.00 bits per heavy atom. The summed E-state index contributed by atoms with van der Waals surface area (Å²) in [6, 6.07) is 10.8. The van der Waals surface area contributed by atoms with E-state index in [0.717, 1.165) is 35.6 Å². The van der Waals surface area contributed by atoms with Crippen LogP contribution in [0.4, 0.5) is 5.69 Å². The van der Waals surface area contributed by atoms with Crippen LogP contribution >= 0.6 is 34.3 Å². The number of anilines is 1. The highest BCUT2D eigenvalue weighted by molar-refractivity contribution is 7.18. The van der Waals surface area contributed by atoms with Crippen LogP contribution < -0.4 is 10.6 Å². The molecule has 0 radical (unpaired) electrons. The van der Waals surface area contributed by atoms with Crippen molar-refractivity contribution in [3.8, 4) is 0 Å². The molecule has 2 N–H and O–H groups in total. The van der Waals surface area contributed by atoms with E-state index in [1.165, 1.54) is 22.7 Å². The fourth-order valence-corrected chi connectivity index (χ4v) is 5.13. The Morgan fingerprint density at radius 1 is 1.17 bits per heavy atom. The molecule has 1 aliphatic heterocycles. The normalized spacial score (nSPS) is 13.7. The molecule has 3 aromatic rings. The lowest BCUT2D eigenvalue weighted by Crippen LogP contribution is -2.25. The number of nitrogens with zero attached hydrogens (tertiary/aromatic N) is 2. The molecule has 0 atom stereocenters. The molecular weight excluding hydrogens is 428 g/mol. The van der Waals surface area contributed by atoms with Gasteiger partial charge in [-0.15, -0.1) is 22.7 Å². The fraction of sp³-hybridized carbons (Fsp3) is 0.250. The van der Waals surface area contributed by atoms with E-state index < -0.39 is 0 Å². The quantitative estimate of drug-likeness (QED) is 0.620. The molecular formula is C20H19ClN4O2S2. The second kappa shape index (κ2) is 8.62. The molecule has 3 heterocycles. The van der Waals surface area contributed by atoms with E-state index in [4.69, 9.17) is 11.6 Å². The van der Waals surface area contributed by atoms with E-state index in [0.29, 0.717) is 26.5 Å². The van der Waals surface area contributed by atoms with Crippen molar-refractivity contribution in [2.45, 2.75) is 19.5 Å². The van der Waals surface area contributed by atoms with E-state index in [2.05, 4.69) is 27.6 Å². The second-order valence-electron chi connectivity index (χ2n) is 6.77. The van der Waals surface area contributed by atoms with E-state index >= 15 is 0 Å². The highest BCUT2D eigenvalue weighted by atomic mass is 35.5. The highest BCUT2D eigenvalue weighted by Gasteiger charge is 2.21. The number of para-hydroxylation sites is 1. The fourth-order valence-electron chi connectivity index (χ4n) is 3.09. The molecule has 150 valence electrons. The Labute approximate surface area is 181 Å². The highest BCUT2D eigenvalue weighted by Crippen LogP contribution is 2.25. The number of likely N-dealkylation sites (N-methyl/N-ethyl adjacent to an activating group) is 1. The lowest BCUT2D eigenvalue weighted by atomic mass is 10.1. The minimum Gasteiger partial charge on any atom is -0.346 e. The van der Waals surface area contributed by atoms with Crippen molar-refractivity contribution < 1.29 is 9.59 Å². The number of halogens is 1. The van der Waals surface area contributed by atoms with Gasteiger partial charge < -0.3 is 15.5 Å². The largest absolute Gasteiger partial charge is 0.346 e. The van der Waals surface area contributed by atoms with Gasteiger partial charge in [0.25, 0.3) is 11.8 Å². The summed E-state index contributed by atoms with van der Waals surface area (Å²) in [5.74, 6) is -0.421. The van der Waals surface area contributed by atoms with Gasteiger partial charge in [0.2, 0.25) is 0 Å². The lowest BCUT2D eigenvalue weighted by Gasteiger charge is -2.20. The van der Waals surface area contributed by atoms with Gasteiger partial charge in [0, 0.05) is 36.6 Å². The summed E-state index contributed by atoms with van der Waals surface area (Å²) in [5.41, 5.74) is 2.50. The van der Waals surface area contributed by atoms with Crippen molar-refractivity contribution in [2.75, 3.05) is 18.9 Å². The number of carbonyl (C=O) groups excluding carboxylic acids is 2. The molecule has 2 amide bonds. The van der Waals surface area contributed by atoms with E-state index in [1.807, 2.05) is 24.3 Å². The summed E-state index contributed by atoms with van der Waals surface area (Å²) in [7, 11) is 2.07. The molecule has 9 heteroatoms. The first-order valence-electron chi connectivity index (χ1n) is 9.09. The minimum atomic E-state index is -0.225. The third kappa shape index (κ3) is 4.67. The predicted molar refractivity (Wildman–Crippen MR) is 117 cm³/mol. The number of nitrogens with one attached hydrogen (secondary N) is 2. The first-order valence-corrected chi connectivity index (χ1v) is 11.1. The number of fused-ring (bicyclic) bond motifs is 1. The topological polar surface area (TPSA) is 74.3 Å². The lowest BCUT2D eigenvalue weighted by molar-refractivity contribution is 0.0950. The molecule has 0 unspecified atom stereocenters. The van der Waals surface area contributed by atoms with Crippen molar-refractivity contribution >= 4 is 51.8 Å². The van der Waals surface area contributed by atoms with Gasteiger partial charge in [-0.3, -0.25) is 9.59 Å². The van der Waals surface area contributed by atoms with E-state index in [-0.39, 0.29) is 11.8 Å². The molecule has 0 aliphatic carbocycles. The van der Waals surface area contributed by atoms with Crippen LogP contribution in [0.3, 0.4) is 0 Å². The number of carbonyl (C=O) groups is 2. The summed E-state index contributed by atoms with van der Waals surface area (Å²) in [4.78, 5) is 33.4. The van der Waals surface area contributed by atoms with Crippen molar-refractivity contribution in [3.05, 3.63) is 66.8 Å². The van der Waals surface area contributed by atoms with Gasteiger partial charge in [-0.05, 0) is 30.8 Å². The molecule has 2 aromatic heterocycles. The van der Waals surface area contributed by atoms with Gasteiger partial charge in [-0.2, -0.15) is 0 Å². The van der Waals surface area contributed by atoms with Crippen LogP contribution in [0.25, 0.3) is 0 Å². The molecule has 0 saturated heterocycles. The summed E-state index contributed by atoms with van der Waals surface area (Å²) >= 11 is 8.58. The van der Waals surface area contributed by atoms with Crippen LogP contribution in [0.2, 0.25) is 4.34 Å². The first kappa shape index (κ1) is 20.0. The van der Waals surface area contributed by atoms with Gasteiger partial charge in [0.1, 0.15) is 0 Å². The van der Waals surface area contributed by atoms with Gasteiger partial charge in [-0.1, -0.05) is 29.8 Å². The maximum Gasteiger partial charge on any atom is 0.280 e. The summed E-state index contributed by atoms with van der Waals surface area (Å²) < 4.78 is 0.563. The summed E-state index contributed by atoms with van der Waals surface area (Å²) in [6.07, 6.45) is 0.872. The van der Waals surface area contributed by atoms with Crippen molar-refractivity contribution in [1.29, 1.82) is 0 Å². The molecule has 1 aromatic carbocycles. The molecule has 0 fully saturated rings. The van der Waals surface area contributed by atoms with Crippen molar-refractivity contribution in [3.63, 3.8) is 0 Å². The van der Waals surface area contributed by atoms with Gasteiger partial charge in [0.15, 0.2) is 5.01 Å². The minimum absolute atomic E-state index is 0.196. The second-order valence-corrected chi connectivity index (χ2v) is 9.57. The van der Waals surface area contributed by atoms with Crippen LogP contribution in [-0.4, -0.2) is 35.3 Å². The number of amides is 2. The van der Waals surface area contributed by atoms with Crippen molar-refractivity contribution in [2.24, 2.45) is 0 Å². The Balaban J connectivity index is 1.42. The number of aromatic nitrogens is 1. The zero-order valence-electron chi connectivity index (χ0n) is 15.7. The number of rotatable bonds is 5. The van der Waals surface area contributed by atoms with Crippen LogP contribution in [0.1, 0.15) is 35.6 Å². The number of thiophene rings is 1. The maximum atomic E-state index is 12.6. The third-order valence-corrected chi connectivity index (χ3v) is 6.93. The molecule has 29 heavy (non-hydrogen) atoms. The average molecular weight is 447 g/mol. The predicted octanol–water partition coefficient (Wildman–Crippen LogP) is 4.03. The van der Waals surface area contributed by atoms with E-state index in [9.17, 15) is 9.59 Å². The monoisotopic (exact) mass is 446 g/mol. The maximum absolute atomic E-state index is 12.6. The Hall–Kier alpha value is -2.26. The molecule has 0 bridgehead atoms. The average Bonchev–Trinajstić information content (AvgIpc) is 3.33. The summed E-state index contributed by atoms with van der Waals surface area (Å²) in [5, 5.41) is 6.30. The molecule has 0 saturated carbocycles. The Bertz CT molecular complexity index is 1060. The number of thiazole rings is 1. The van der Waals surface area contributed by atoms with Crippen LogP contribution in [0.5, 0.6) is 0 Å². The zero-order chi connectivity index (χ0) is 20.4. The van der Waals surface area contributed by atoms with Crippen molar-refractivity contribution in [1.82, 2.24) is 15.2 Å². The zero-order valence-corrected chi connectivity index (χ0v) is 18.1. The molecule has 0 spiro atoms. The number of benzene rings is 1. The SMILES string of the molecule is CN1CCc2nc(C(=O)NCc3ccccc3NC(=O)c3ccc(Cl)s3)sc2C1. The first-order chi connectivity index (χ1) is 14.0. The van der Waals surface area contributed by atoms with Gasteiger partial charge >= 0.3 is 0 Å². The van der Waals surface area contributed by atoms with Crippen LogP contribution in [0, 0.1) is 0 Å². The van der Waals surface area contributed by atoms with Gasteiger partial charge in [-0.25, -0.2) is 4.98 Å². The molecule has 1 aliphatic rings. The molecule has 4 rings (SSSR count). The van der Waals surface area contributed by atoms with Crippen LogP contribution in [-0.2, 0) is 19.5 Å². The standard InChI is InChI=1S/C20H19ClN4O2S2/c1-25-9-8-14-16(11-25)29-20(24-14)19(27)22-10-12-4-2-3-5-13(12)23-18(26)15-6-7-17(21)28-15/h2-7H,8-11H2,1H3,(H,22,27)(H,23,26). The van der Waals surface area contributed by atoms with Crippen LogP contribution in [0.15, 0.2) is 36.4 Å². The van der Waals surface area contributed by atoms with Gasteiger partial charge in [0.05, 0.1) is 14.9 Å². The smallest absolute Gasteiger partial charge is 0.280 e. The Kier molecular flexibility index (Phi) is 5.96. The summed E-state index contributed by atoms with van der Waals surface area (Å²) in [6.45, 7) is 2.09. The number of hydrogen-bond acceptors (Lipinski definition) is 6.